The van der Waals surface area contributed by atoms with Gasteiger partial charge in [0.15, 0.2) is 5.60 Å². The van der Waals surface area contributed by atoms with E-state index in [2.05, 4.69) is 26.9 Å². The minimum atomic E-state index is -2.30. The normalized spacial score (nSPS) is 39.0. The van der Waals surface area contributed by atoms with Gasteiger partial charge in [-0.25, -0.2) is 0 Å². The van der Waals surface area contributed by atoms with Crippen LogP contribution in [0.4, 0.5) is 5.69 Å². The first-order chi connectivity index (χ1) is 26.3. The number of hydrogen-bond acceptors (Lipinski definition) is 10. The van der Waals surface area contributed by atoms with Gasteiger partial charge in [0.2, 0.25) is 0 Å². The Morgan fingerprint density at radius 3 is 2.53 bits per heavy atom. The van der Waals surface area contributed by atoms with Crippen LogP contribution in [0.5, 0.6) is 5.75 Å². The number of rotatable bonds is 6. The summed E-state index contributed by atoms with van der Waals surface area (Å²) in [6.45, 7) is 7.39. The number of methoxy groups -OCH3 is 2. The number of carbonyl (C=O) groups is 2. The molecule has 6 N–H and O–H groups in total. The minimum Gasteiger partial charge on any atom is -0.496 e. The van der Waals surface area contributed by atoms with Gasteiger partial charge < -0.3 is 40.4 Å². The first-order valence-electron chi connectivity index (χ1n) is 20.0. The molecule has 294 valence electrons. The zero-order chi connectivity index (χ0) is 38.9. The van der Waals surface area contributed by atoms with Crippen molar-refractivity contribution in [3.8, 4) is 5.75 Å². The lowest BCUT2D eigenvalue weighted by Gasteiger charge is -2.63. The van der Waals surface area contributed by atoms with Crippen LogP contribution in [0.25, 0.3) is 10.9 Å². The highest BCUT2D eigenvalue weighted by Crippen LogP contribution is 2.67. The summed E-state index contributed by atoms with van der Waals surface area (Å²) in [5.74, 6) is -1.00. The molecule has 0 radical (unpaired) electrons. The van der Waals surface area contributed by atoms with Gasteiger partial charge in [-0.15, -0.1) is 0 Å². The molecule has 12 heteroatoms. The number of benzene rings is 2. The van der Waals surface area contributed by atoms with E-state index in [1.165, 1.54) is 7.11 Å². The summed E-state index contributed by atoms with van der Waals surface area (Å²) < 4.78 is 12.2. The van der Waals surface area contributed by atoms with Gasteiger partial charge in [0.25, 0.3) is 5.91 Å². The number of amides is 1. The third-order valence-electron chi connectivity index (χ3n) is 15.2. The van der Waals surface area contributed by atoms with E-state index in [1.807, 2.05) is 62.2 Å². The quantitative estimate of drug-likeness (QED) is 0.187. The Morgan fingerprint density at radius 1 is 1.04 bits per heavy atom. The molecule has 2 bridgehead atoms. The number of aliphatic hydroxyl groups is 3. The summed E-state index contributed by atoms with van der Waals surface area (Å²) in [4.78, 5) is 39.3. The Balaban J connectivity index is 1.36. The van der Waals surface area contributed by atoms with Crippen LogP contribution in [0.1, 0.15) is 68.3 Å². The van der Waals surface area contributed by atoms with E-state index in [4.69, 9.17) is 15.2 Å². The Kier molecular flexibility index (Phi) is 8.19. The van der Waals surface area contributed by atoms with Crippen LogP contribution in [0.15, 0.2) is 48.6 Å². The predicted molar refractivity (Wildman–Crippen MR) is 208 cm³/mol. The summed E-state index contributed by atoms with van der Waals surface area (Å²) >= 11 is 0. The Labute approximate surface area is 322 Å². The number of para-hydroxylation sites is 1. The van der Waals surface area contributed by atoms with Crippen LogP contribution in [0.2, 0.25) is 0 Å². The predicted octanol–water partition coefficient (Wildman–Crippen LogP) is 2.73. The van der Waals surface area contributed by atoms with Crippen molar-refractivity contribution < 1.29 is 34.4 Å². The van der Waals surface area contributed by atoms with Crippen molar-refractivity contribution in [1.29, 1.82) is 0 Å². The molecular weight excluding hydrogens is 699 g/mol. The van der Waals surface area contributed by atoms with E-state index in [1.54, 1.807) is 7.11 Å². The molecule has 1 amide bonds. The van der Waals surface area contributed by atoms with E-state index >= 15 is 4.79 Å². The van der Waals surface area contributed by atoms with E-state index < -0.39 is 51.5 Å². The highest BCUT2D eigenvalue weighted by Gasteiger charge is 2.78. The van der Waals surface area contributed by atoms with Crippen LogP contribution in [-0.4, -0.2) is 125 Å². The molecular formula is C43H55N5O7. The molecule has 3 aromatic rings. The number of nitrogens with two attached hydrogens (primary N) is 1. The maximum Gasteiger partial charge on any atom is 0.322 e. The number of carbonyl (C=O) groups excluding carboxylic acids is 2. The SMILES string of the molecule is CCC12C=CCN3CC[C@@]4(c5cc([C@@]6(C(=O)OC)CC7CN(CCc8c6[nH]c6ccccc86)C[C@](O)(CC)C7)c(OC)cc5N(C)C4[C@@](O)(C(N)=O)[C@@H]1O)[C@@H]32. The molecule has 4 unspecified atom stereocenters. The van der Waals surface area contributed by atoms with Crippen LogP contribution < -0.4 is 15.4 Å². The topological polar surface area (TPSA) is 165 Å². The molecule has 1 saturated carbocycles. The fourth-order valence-electron chi connectivity index (χ4n) is 13.1. The number of anilines is 1. The molecule has 9 rings (SSSR count). The monoisotopic (exact) mass is 753 g/mol. The number of ether oxygens (including phenoxy) is 2. The number of fused-ring (bicyclic) bond motifs is 6. The fraction of sp³-hybridized carbons (Fsp3) is 0.581. The van der Waals surface area contributed by atoms with Crippen LogP contribution in [0.3, 0.4) is 0 Å². The van der Waals surface area contributed by atoms with Crippen molar-refractivity contribution in [2.75, 3.05) is 58.9 Å². The Bertz CT molecular complexity index is 2120. The number of nitrogens with zero attached hydrogens (tertiary/aromatic N) is 3. The third-order valence-corrected chi connectivity index (χ3v) is 15.2. The fourth-order valence-corrected chi connectivity index (χ4v) is 13.1. The van der Waals surface area contributed by atoms with Crippen LogP contribution >= 0.6 is 0 Å². The Morgan fingerprint density at radius 2 is 1.82 bits per heavy atom. The van der Waals surface area contributed by atoms with Crippen LogP contribution in [0, 0.1) is 11.3 Å². The van der Waals surface area contributed by atoms with Gasteiger partial charge in [0.1, 0.15) is 17.3 Å². The summed E-state index contributed by atoms with van der Waals surface area (Å²) in [5, 5.41) is 38.0. The molecule has 6 heterocycles. The van der Waals surface area contributed by atoms with Crippen molar-refractivity contribution in [2.45, 2.75) is 92.6 Å². The largest absolute Gasteiger partial charge is 0.496 e. The maximum atomic E-state index is 15.2. The number of primary amides is 1. The molecule has 6 aliphatic rings. The second-order valence-electron chi connectivity index (χ2n) is 17.5. The number of hydrogen-bond donors (Lipinski definition) is 5. The highest BCUT2D eigenvalue weighted by molar-refractivity contribution is 5.95. The number of H-pyrrole nitrogens is 1. The Hall–Kier alpha value is -3.94. The van der Waals surface area contributed by atoms with E-state index in [0.29, 0.717) is 69.5 Å². The van der Waals surface area contributed by atoms with Gasteiger partial charge in [-0.1, -0.05) is 44.2 Å². The number of likely N-dealkylation sites (N-methyl/N-ethyl adjacent to an activating group) is 1. The highest BCUT2D eigenvalue weighted by atomic mass is 16.5. The second-order valence-corrected chi connectivity index (χ2v) is 17.5. The van der Waals surface area contributed by atoms with Gasteiger partial charge in [-0.05, 0) is 74.2 Å². The average molecular weight is 754 g/mol. The molecule has 2 aromatic carbocycles. The lowest BCUT2D eigenvalue weighted by Crippen LogP contribution is -2.81. The minimum absolute atomic E-state index is 0.0790. The molecule has 12 nitrogen and oxygen atoms in total. The standard InChI is InChI=1S/C43H55N5O7/c1-6-39(52)21-25-22-42(38(51)55-5,33-27(13-17-47(23-25)24-39)26-11-8-9-12-30(26)45-33)29-19-28-31(20-32(29)54-4)46(3)35-41(28)15-18-48-16-10-14-40(7-2,34(41)48)36(49)43(35,53)37(44)50/h8-12,14,19-20,25,34-36,45,49,52-53H,6-7,13,15-18,21-24H2,1-5H3,(H2,44,50)/t25?,34-,35?,36+,39-,40?,41+,42-,43-/m0/s1. The van der Waals surface area contributed by atoms with Gasteiger partial charge in [0, 0.05) is 84.0 Å². The van der Waals surface area contributed by atoms with Gasteiger partial charge >= 0.3 is 5.97 Å². The number of aromatic amines is 1. The summed E-state index contributed by atoms with van der Waals surface area (Å²) in [7, 11) is 4.89. The first kappa shape index (κ1) is 36.7. The number of aliphatic hydroxyl groups excluding tert-OH is 1. The third kappa shape index (κ3) is 4.51. The first-order valence-corrected chi connectivity index (χ1v) is 20.0. The number of piperidine rings is 1. The lowest BCUT2D eigenvalue weighted by molar-refractivity contribution is -0.201. The average Bonchev–Trinajstić information content (AvgIpc) is 3.84. The zero-order valence-electron chi connectivity index (χ0n) is 32.6. The molecule has 5 aliphatic heterocycles. The number of aromatic nitrogens is 1. The molecule has 1 spiro atoms. The molecule has 1 aromatic heterocycles. The molecule has 3 fully saturated rings. The van der Waals surface area contributed by atoms with Gasteiger partial charge in [-0.3, -0.25) is 19.4 Å². The maximum absolute atomic E-state index is 15.2. The van der Waals surface area contributed by atoms with Crippen molar-refractivity contribution in [3.63, 3.8) is 0 Å². The van der Waals surface area contributed by atoms with Crippen LogP contribution in [-0.2, 0) is 31.6 Å². The number of nitrogens with one attached hydrogen (secondary N) is 1. The van der Waals surface area contributed by atoms with E-state index in [0.717, 1.165) is 46.5 Å². The zero-order valence-corrected chi connectivity index (χ0v) is 32.6. The number of esters is 1. The van der Waals surface area contributed by atoms with Crippen molar-refractivity contribution in [1.82, 2.24) is 14.8 Å². The molecule has 2 saturated heterocycles. The molecule has 1 aliphatic carbocycles. The molecule has 55 heavy (non-hydrogen) atoms. The summed E-state index contributed by atoms with van der Waals surface area (Å²) in [6.07, 6.45) is 5.78. The van der Waals surface area contributed by atoms with Gasteiger partial charge in [0.05, 0.1) is 25.9 Å². The summed E-state index contributed by atoms with van der Waals surface area (Å²) in [6, 6.07) is 11.0. The van der Waals surface area contributed by atoms with E-state index in [9.17, 15) is 20.1 Å². The van der Waals surface area contributed by atoms with Crippen molar-refractivity contribution in [3.05, 3.63) is 70.9 Å². The smallest absolute Gasteiger partial charge is 0.322 e. The van der Waals surface area contributed by atoms with E-state index in [-0.39, 0.29) is 12.0 Å². The molecule has 10 atom stereocenters. The van der Waals surface area contributed by atoms with Crippen molar-refractivity contribution >= 4 is 28.5 Å². The van der Waals surface area contributed by atoms with Gasteiger partial charge in [-0.2, -0.15) is 0 Å². The second kappa shape index (κ2) is 12.3. The van der Waals surface area contributed by atoms with Crippen molar-refractivity contribution in [2.24, 2.45) is 17.1 Å². The lowest BCUT2D eigenvalue weighted by atomic mass is 9.47. The summed E-state index contributed by atoms with van der Waals surface area (Å²) in [5.41, 5.74) is 4.72.